The van der Waals surface area contributed by atoms with Gasteiger partial charge in [-0.15, -0.1) is 0 Å². The van der Waals surface area contributed by atoms with E-state index in [1.165, 1.54) is 0 Å². The Bertz CT molecular complexity index is 620. The predicted octanol–water partition coefficient (Wildman–Crippen LogP) is 3.51. The van der Waals surface area contributed by atoms with Gasteiger partial charge in [0.05, 0.1) is 5.56 Å². The Labute approximate surface area is 119 Å². The Morgan fingerprint density at radius 3 is 2.58 bits per heavy atom. The van der Waals surface area contributed by atoms with Crippen molar-refractivity contribution in [3.63, 3.8) is 0 Å². The molecule has 0 aliphatic heterocycles. The number of aromatic nitrogens is 1. The number of nitrogens with zero attached hydrogens (tertiary/aromatic N) is 1. The summed E-state index contributed by atoms with van der Waals surface area (Å²) >= 11 is 3.32. The molecule has 2 aromatic rings. The number of benzene rings is 1. The van der Waals surface area contributed by atoms with Crippen LogP contribution in [0.15, 0.2) is 37.9 Å². The molecule has 0 unspecified atom stereocenters. The second kappa shape index (κ2) is 6.02. The van der Waals surface area contributed by atoms with Crippen molar-refractivity contribution in [2.75, 3.05) is 0 Å². The summed E-state index contributed by atoms with van der Waals surface area (Å²) in [5.41, 5.74) is 0.388. The summed E-state index contributed by atoms with van der Waals surface area (Å²) in [6.45, 7) is 2.02. The number of halogens is 1. The zero-order valence-corrected chi connectivity index (χ0v) is 12.1. The molecule has 0 spiro atoms. The van der Waals surface area contributed by atoms with Crippen LogP contribution < -0.4 is 5.63 Å². The fourth-order valence-corrected chi connectivity index (χ4v) is 1.97. The average molecular weight is 324 g/mol. The topological polar surface area (TPSA) is 63.3 Å². The first-order chi connectivity index (χ1) is 9.11. The first-order valence-corrected chi connectivity index (χ1v) is 6.90. The molecule has 19 heavy (non-hydrogen) atoms. The first-order valence-electron chi connectivity index (χ1n) is 6.10. The van der Waals surface area contributed by atoms with Crippen LogP contribution >= 0.6 is 15.9 Å². The molecule has 0 atom stereocenters. The quantitative estimate of drug-likeness (QED) is 0.935. The monoisotopic (exact) mass is 323 g/mol. The van der Waals surface area contributed by atoms with E-state index in [0.717, 1.165) is 17.3 Å². The molecule has 0 aliphatic carbocycles. The van der Waals surface area contributed by atoms with Gasteiger partial charge in [-0.25, -0.2) is 4.79 Å². The lowest BCUT2D eigenvalue weighted by Crippen LogP contribution is -2.10. The molecule has 0 bridgehead atoms. The molecule has 100 valence electrons. The summed E-state index contributed by atoms with van der Waals surface area (Å²) in [4.78, 5) is 15.8. The Balaban J connectivity index is 2.39. The van der Waals surface area contributed by atoms with Crippen LogP contribution in [0.3, 0.4) is 0 Å². The molecule has 1 N–H and O–H groups in total. The Morgan fingerprint density at radius 2 is 2.00 bits per heavy atom. The van der Waals surface area contributed by atoms with Crippen LogP contribution in [-0.2, 0) is 6.42 Å². The fraction of sp³-hybridized carbons (Fsp3) is 0.286. The molecule has 4 nitrogen and oxygen atoms in total. The molecular weight excluding hydrogens is 310 g/mol. The first kappa shape index (κ1) is 13.8. The molecule has 0 radical (unpaired) electrons. The summed E-state index contributed by atoms with van der Waals surface area (Å²) in [5, 5.41) is 9.83. The van der Waals surface area contributed by atoms with Crippen LogP contribution in [0.4, 0.5) is 0 Å². The van der Waals surface area contributed by atoms with E-state index < -0.39 is 5.63 Å². The molecule has 0 amide bonds. The van der Waals surface area contributed by atoms with Crippen molar-refractivity contribution < 1.29 is 9.52 Å². The number of unbranched alkanes of at least 4 members (excludes halogenated alkanes) is 1. The fourth-order valence-electron chi connectivity index (χ4n) is 1.71. The molecule has 1 aromatic carbocycles. The highest BCUT2D eigenvalue weighted by Gasteiger charge is 2.13. The van der Waals surface area contributed by atoms with Crippen LogP contribution in [-0.4, -0.2) is 10.1 Å². The van der Waals surface area contributed by atoms with Crippen molar-refractivity contribution in [1.82, 2.24) is 4.98 Å². The highest BCUT2D eigenvalue weighted by Crippen LogP contribution is 2.22. The smallest absolute Gasteiger partial charge is 0.346 e. The third kappa shape index (κ3) is 3.23. The van der Waals surface area contributed by atoms with Crippen molar-refractivity contribution in [2.24, 2.45) is 0 Å². The van der Waals surface area contributed by atoms with E-state index in [1.54, 1.807) is 12.1 Å². The lowest BCUT2D eigenvalue weighted by Gasteiger charge is -2.04. The van der Waals surface area contributed by atoms with Gasteiger partial charge < -0.3 is 9.52 Å². The summed E-state index contributed by atoms with van der Waals surface area (Å²) in [5.74, 6) is -0.0992. The normalized spacial score (nSPS) is 10.6. The van der Waals surface area contributed by atoms with E-state index in [0.29, 0.717) is 12.0 Å². The lowest BCUT2D eigenvalue weighted by atomic mass is 10.1. The van der Waals surface area contributed by atoms with Gasteiger partial charge in [0.25, 0.3) is 0 Å². The molecule has 2 rings (SSSR count). The minimum atomic E-state index is -0.515. The Kier molecular flexibility index (Phi) is 4.37. The second-order valence-electron chi connectivity index (χ2n) is 4.22. The summed E-state index contributed by atoms with van der Waals surface area (Å²) in [6.07, 6.45) is 2.24. The van der Waals surface area contributed by atoms with Crippen molar-refractivity contribution >= 4 is 15.9 Å². The zero-order valence-electron chi connectivity index (χ0n) is 10.5. The van der Waals surface area contributed by atoms with Crippen LogP contribution in [0, 0.1) is 0 Å². The molecular formula is C14H14BrNO3. The van der Waals surface area contributed by atoms with Gasteiger partial charge >= 0.3 is 5.63 Å². The van der Waals surface area contributed by atoms with Crippen molar-refractivity contribution in [1.29, 1.82) is 0 Å². The van der Waals surface area contributed by atoms with Crippen LogP contribution in [0.2, 0.25) is 0 Å². The van der Waals surface area contributed by atoms with E-state index >= 15 is 0 Å². The van der Waals surface area contributed by atoms with Gasteiger partial charge in [0.15, 0.2) is 0 Å². The van der Waals surface area contributed by atoms with Crippen molar-refractivity contribution in [3.8, 4) is 17.3 Å². The third-order valence-corrected chi connectivity index (χ3v) is 3.31. The Morgan fingerprint density at radius 1 is 1.32 bits per heavy atom. The van der Waals surface area contributed by atoms with Crippen molar-refractivity contribution in [3.05, 3.63) is 44.7 Å². The van der Waals surface area contributed by atoms with Gasteiger partial charge in [-0.3, -0.25) is 0 Å². The third-order valence-electron chi connectivity index (χ3n) is 2.78. The number of rotatable bonds is 4. The number of hydrogen-bond acceptors (Lipinski definition) is 4. The standard InChI is InChI=1S/C14H14BrNO3/c1-2-3-4-11-12(17)16-13(19-14(11)18)9-5-7-10(15)8-6-9/h5-8,17H,2-4H2,1H3. The number of hydrogen-bond donors (Lipinski definition) is 1. The summed E-state index contributed by atoms with van der Waals surface area (Å²) < 4.78 is 6.09. The highest BCUT2D eigenvalue weighted by molar-refractivity contribution is 9.10. The lowest BCUT2D eigenvalue weighted by molar-refractivity contribution is 0.408. The largest absolute Gasteiger partial charge is 0.493 e. The molecule has 0 saturated carbocycles. The highest BCUT2D eigenvalue weighted by atomic mass is 79.9. The van der Waals surface area contributed by atoms with Gasteiger partial charge in [-0.2, -0.15) is 4.98 Å². The maximum Gasteiger partial charge on any atom is 0.346 e. The van der Waals surface area contributed by atoms with E-state index in [9.17, 15) is 9.90 Å². The maximum atomic E-state index is 11.8. The average Bonchev–Trinajstić information content (AvgIpc) is 2.38. The second-order valence-corrected chi connectivity index (χ2v) is 5.13. The Hall–Kier alpha value is -1.62. The van der Waals surface area contributed by atoms with Crippen LogP contribution in [0.25, 0.3) is 11.5 Å². The zero-order chi connectivity index (χ0) is 13.8. The maximum absolute atomic E-state index is 11.8. The summed E-state index contributed by atoms with van der Waals surface area (Å²) in [6, 6.07) is 7.17. The van der Waals surface area contributed by atoms with E-state index in [1.807, 2.05) is 19.1 Å². The van der Waals surface area contributed by atoms with E-state index in [2.05, 4.69) is 20.9 Å². The van der Waals surface area contributed by atoms with Gasteiger partial charge in [0.1, 0.15) is 0 Å². The minimum absolute atomic E-state index is 0.134. The number of aromatic hydroxyl groups is 1. The molecule has 5 heteroatoms. The predicted molar refractivity (Wildman–Crippen MR) is 76.2 cm³/mol. The molecule has 0 fully saturated rings. The van der Waals surface area contributed by atoms with E-state index in [-0.39, 0.29) is 17.3 Å². The minimum Gasteiger partial charge on any atom is -0.493 e. The van der Waals surface area contributed by atoms with Gasteiger partial charge in [0.2, 0.25) is 11.8 Å². The molecule has 1 aromatic heterocycles. The molecule has 0 aliphatic rings. The van der Waals surface area contributed by atoms with Gasteiger partial charge in [-0.05, 0) is 37.1 Å². The molecule has 0 saturated heterocycles. The SMILES string of the molecule is CCCCc1c(O)nc(-c2ccc(Br)cc2)oc1=O. The van der Waals surface area contributed by atoms with Gasteiger partial charge in [-0.1, -0.05) is 29.3 Å². The molecule has 1 heterocycles. The van der Waals surface area contributed by atoms with Crippen LogP contribution in [0.1, 0.15) is 25.3 Å². The van der Waals surface area contributed by atoms with E-state index in [4.69, 9.17) is 4.42 Å². The van der Waals surface area contributed by atoms with Crippen molar-refractivity contribution in [2.45, 2.75) is 26.2 Å². The van der Waals surface area contributed by atoms with Crippen LogP contribution in [0.5, 0.6) is 5.88 Å². The van der Waals surface area contributed by atoms with Gasteiger partial charge in [0, 0.05) is 10.0 Å². The summed E-state index contributed by atoms with van der Waals surface area (Å²) in [7, 11) is 0.